The molecule has 0 bridgehead atoms. The van der Waals surface area contributed by atoms with Gasteiger partial charge in [-0.2, -0.15) is 0 Å². The van der Waals surface area contributed by atoms with Crippen LogP contribution in [0.25, 0.3) is 0 Å². The minimum absolute atomic E-state index is 0.193. The molecular weight excluding hydrogens is 190 g/mol. The summed E-state index contributed by atoms with van der Waals surface area (Å²) in [7, 11) is 0. The average Bonchev–Trinajstić information content (AvgIpc) is 2.21. The van der Waals surface area contributed by atoms with Crippen LogP contribution in [-0.4, -0.2) is 12.6 Å². The summed E-state index contributed by atoms with van der Waals surface area (Å²) in [6.07, 6.45) is 0. The number of urea groups is 1. The van der Waals surface area contributed by atoms with Crippen LogP contribution in [0.4, 0.5) is 10.5 Å². The SMILES string of the molecule is CCNC(=O)Nc1c(C)cccc1CN. The van der Waals surface area contributed by atoms with Gasteiger partial charge in [-0.15, -0.1) is 0 Å². The third-order valence-electron chi connectivity index (χ3n) is 2.15. The highest BCUT2D eigenvalue weighted by Gasteiger charge is 2.06. The lowest BCUT2D eigenvalue weighted by Gasteiger charge is -2.12. The van der Waals surface area contributed by atoms with E-state index in [9.17, 15) is 4.79 Å². The van der Waals surface area contributed by atoms with Gasteiger partial charge in [0, 0.05) is 18.8 Å². The zero-order valence-corrected chi connectivity index (χ0v) is 9.13. The highest BCUT2D eigenvalue weighted by molar-refractivity contribution is 5.90. The highest BCUT2D eigenvalue weighted by atomic mass is 16.2. The van der Waals surface area contributed by atoms with Crippen molar-refractivity contribution < 1.29 is 4.79 Å². The van der Waals surface area contributed by atoms with Crippen molar-refractivity contribution in [1.82, 2.24) is 5.32 Å². The second-order valence-electron chi connectivity index (χ2n) is 3.30. The predicted octanol–water partition coefficient (Wildman–Crippen LogP) is 1.60. The molecule has 0 aliphatic carbocycles. The molecule has 4 nitrogen and oxygen atoms in total. The van der Waals surface area contributed by atoms with Gasteiger partial charge < -0.3 is 16.4 Å². The third-order valence-corrected chi connectivity index (χ3v) is 2.15. The first-order valence-corrected chi connectivity index (χ1v) is 5.02. The summed E-state index contributed by atoms with van der Waals surface area (Å²) in [4.78, 5) is 11.4. The number of nitrogens with one attached hydrogen (secondary N) is 2. The molecule has 0 fully saturated rings. The number of aryl methyl sites for hydroxylation is 1. The van der Waals surface area contributed by atoms with E-state index in [2.05, 4.69) is 10.6 Å². The van der Waals surface area contributed by atoms with Crippen molar-refractivity contribution >= 4 is 11.7 Å². The molecule has 0 aliphatic rings. The molecule has 0 heterocycles. The molecule has 1 rings (SSSR count). The number of para-hydroxylation sites is 1. The Morgan fingerprint density at radius 2 is 2.20 bits per heavy atom. The van der Waals surface area contributed by atoms with Gasteiger partial charge in [-0.05, 0) is 25.0 Å². The number of amides is 2. The lowest BCUT2D eigenvalue weighted by Crippen LogP contribution is -2.29. The molecule has 0 saturated heterocycles. The first-order chi connectivity index (χ1) is 7.19. The molecule has 2 amide bonds. The van der Waals surface area contributed by atoms with Gasteiger partial charge in [-0.25, -0.2) is 4.79 Å². The van der Waals surface area contributed by atoms with Crippen molar-refractivity contribution in [3.8, 4) is 0 Å². The Hall–Kier alpha value is -1.55. The fourth-order valence-corrected chi connectivity index (χ4v) is 1.40. The Kier molecular flexibility index (Phi) is 4.12. The molecule has 0 aliphatic heterocycles. The maximum Gasteiger partial charge on any atom is 0.319 e. The van der Waals surface area contributed by atoms with Gasteiger partial charge in [0.15, 0.2) is 0 Å². The van der Waals surface area contributed by atoms with Crippen LogP contribution in [0, 0.1) is 6.92 Å². The number of carbonyl (C=O) groups excluding carboxylic acids is 1. The van der Waals surface area contributed by atoms with Crippen LogP contribution in [0.15, 0.2) is 18.2 Å². The summed E-state index contributed by atoms with van der Waals surface area (Å²) in [6.45, 7) is 4.85. The monoisotopic (exact) mass is 207 g/mol. The van der Waals surface area contributed by atoms with Crippen LogP contribution >= 0.6 is 0 Å². The van der Waals surface area contributed by atoms with Crippen LogP contribution in [0.3, 0.4) is 0 Å². The number of hydrogen-bond donors (Lipinski definition) is 3. The predicted molar refractivity (Wildman–Crippen MR) is 61.8 cm³/mol. The molecule has 0 aromatic heterocycles. The molecule has 0 saturated carbocycles. The van der Waals surface area contributed by atoms with Crippen LogP contribution in [0.5, 0.6) is 0 Å². The lowest BCUT2D eigenvalue weighted by molar-refractivity contribution is 0.252. The van der Waals surface area contributed by atoms with Crippen molar-refractivity contribution in [2.24, 2.45) is 5.73 Å². The minimum Gasteiger partial charge on any atom is -0.338 e. The van der Waals surface area contributed by atoms with Gasteiger partial charge in [0.2, 0.25) is 0 Å². The lowest BCUT2D eigenvalue weighted by atomic mass is 10.1. The van der Waals surface area contributed by atoms with Crippen LogP contribution < -0.4 is 16.4 Å². The van der Waals surface area contributed by atoms with E-state index in [-0.39, 0.29) is 6.03 Å². The summed E-state index contributed by atoms with van der Waals surface area (Å²) in [6, 6.07) is 5.59. The topological polar surface area (TPSA) is 67.2 Å². The zero-order chi connectivity index (χ0) is 11.3. The van der Waals surface area contributed by atoms with E-state index in [1.165, 1.54) is 0 Å². The van der Waals surface area contributed by atoms with Crippen LogP contribution in [-0.2, 0) is 6.54 Å². The molecule has 4 heteroatoms. The maximum absolute atomic E-state index is 11.4. The second kappa shape index (κ2) is 5.36. The Bertz CT molecular complexity index is 350. The summed E-state index contributed by atoms with van der Waals surface area (Å²) in [5, 5.41) is 5.48. The molecule has 0 radical (unpaired) electrons. The third kappa shape index (κ3) is 2.95. The van der Waals surface area contributed by atoms with E-state index in [1.807, 2.05) is 32.0 Å². The first kappa shape index (κ1) is 11.5. The first-order valence-electron chi connectivity index (χ1n) is 5.02. The van der Waals surface area contributed by atoms with E-state index in [0.29, 0.717) is 13.1 Å². The van der Waals surface area contributed by atoms with Crippen molar-refractivity contribution in [1.29, 1.82) is 0 Å². The molecule has 1 aromatic carbocycles. The van der Waals surface area contributed by atoms with Gasteiger partial charge in [0.1, 0.15) is 0 Å². The Morgan fingerprint density at radius 3 is 2.80 bits per heavy atom. The number of carbonyl (C=O) groups is 1. The van der Waals surface area contributed by atoms with Gasteiger partial charge in [-0.3, -0.25) is 0 Å². The van der Waals surface area contributed by atoms with Gasteiger partial charge in [-0.1, -0.05) is 18.2 Å². The van der Waals surface area contributed by atoms with Gasteiger partial charge in [0.05, 0.1) is 0 Å². The van der Waals surface area contributed by atoms with E-state index in [4.69, 9.17) is 5.73 Å². The van der Waals surface area contributed by atoms with E-state index < -0.39 is 0 Å². The second-order valence-corrected chi connectivity index (χ2v) is 3.30. The normalized spacial score (nSPS) is 9.80. The van der Waals surface area contributed by atoms with Crippen molar-refractivity contribution in [2.75, 3.05) is 11.9 Å². The fourth-order valence-electron chi connectivity index (χ4n) is 1.40. The van der Waals surface area contributed by atoms with Gasteiger partial charge >= 0.3 is 6.03 Å². The number of hydrogen-bond acceptors (Lipinski definition) is 2. The van der Waals surface area contributed by atoms with Crippen molar-refractivity contribution in [3.05, 3.63) is 29.3 Å². The van der Waals surface area contributed by atoms with Crippen molar-refractivity contribution in [2.45, 2.75) is 20.4 Å². The quantitative estimate of drug-likeness (QED) is 0.704. The summed E-state index contributed by atoms with van der Waals surface area (Å²) in [5.74, 6) is 0. The summed E-state index contributed by atoms with van der Waals surface area (Å²) >= 11 is 0. The standard InChI is InChI=1S/C11H17N3O/c1-3-13-11(15)14-10-8(2)5-4-6-9(10)7-12/h4-6H,3,7,12H2,1-2H3,(H2,13,14,15). The molecule has 0 atom stereocenters. The number of nitrogens with two attached hydrogens (primary N) is 1. The Morgan fingerprint density at radius 1 is 1.47 bits per heavy atom. The molecular formula is C11H17N3O. The number of anilines is 1. The largest absolute Gasteiger partial charge is 0.338 e. The molecule has 15 heavy (non-hydrogen) atoms. The minimum atomic E-state index is -0.193. The van der Waals surface area contributed by atoms with Gasteiger partial charge in [0.25, 0.3) is 0 Å². The van der Waals surface area contributed by atoms with E-state index in [0.717, 1.165) is 16.8 Å². The highest BCUT2D eigenvalue weighted by Crippen LogP contribution is 2.19. The smallest absolute Gasteiger partial charge is 0.319 e. The van der Waals surface area contributed by atoms with Crippen LogP contribution in [0.1, 0.15) is 18.1 Å². The summed E-state index contributed by atoms with van der Waals surface area (Å²) in [5.41, 5.74) is 8.37. The molecule has 4 N–H and O–H groups in total. The van der Waals surface area contributed by atoms with Crippen molar-refractivity contribution in [3.63, 3.8) is 0 Å². The average molecular weight is 207 g/mol. The molecule has 0 spiro atoms. The maximum atomic E-state index is 11.4. The fraction of sp³-hybridized carbons (Fsp3) is 0.364. The van der Waals surface area contributed by atoms with E-state index >= 15 is 0 Å². The molecule has 82 valence electrons. The van der Waals surface area contributed by atoms with E-state index in [1.54, 1.807) is 0 Å². The summed E-state index contributed by atoms with van der Waals surface area (Å²) < 4.78 is 0. The Balaban J connectivity index is 2.87. The Labute approximate surface area is 89.9 Å². The number of rotatable bonds is 3. The van der Waals surface area contributed by atoms with Crippen LogP contribution in [0.2, 0.25) is 0 Å². The molecule has 1 aromatic rings. The molecule has 0 unspecified atom stereocenters. The zero-order valence-electron chi connectivity index (χ0n) is 9.13. The number of benzene rings is 1.